The van der Waals surface area contributed by atoms with E-state index in [0.717, 1.165) is 0 Å². The summed E-state index contributed by atoms with van der Waals surface area (Å²) in [7, 11) is 0. The molecule has 2 nitrogen and oxygen atoms in total. The number of nitrogens with one attached hydrogen (secondary N) is 1. The van der Waals surface area contributed by atoms with Crippen molar-refractivity contribution in [3.8, 4) is 27.9 Å². The number of aromatic amines is 1. The molecule has 0 radical (unpaired) electrons. The summed E-state index contributed by atoms with van der Waals surface area (Å²) >= 11 is 0. The summed E-state index contributed by atoms with van der Waals surface area (Å²) in [4.78, 5) is 3.97. The molecule has 2 aromatic heterocycles. The average molecular weight is 727 g/mol. The van der Waals surface area contributed by atoms with Crippen molar-refractivity contribution < 1.29 is 0 Å². The Morgan fingerprint density at radius 1 is 0.607 bits per heavy atom. The molecule has 1 N–H and O–H groups in total. The van der Waals surface area contributed by atoms with Gasteiger partial charge in [0.25, 0.3) is 0 Å². The second-order valence-electron chi connectivity index (χ2n) is 17.1. The Kier molecular flexibility index (Phi) is 7.94. The Balaban J connectivity index is 1.19. The Bertz CT molecular complexity index is 2960. The van der Waals surface area contributed by atoms with E-state index in [-0.39, 0.29) is 0 Å². The molecule has 0 bridgehead atoms. The van der Waals surface area contributed by atoms with Crippen LogP contribution in [0.2, 0.25) is 0 Å². The van der Waals surface area contributed by atoms with E-state index in [1.165, 1.54) is 116 Å². The summed E-state index contributed by atoms with van der Waals surface area (Å²) in [6.45, 7) is 18.6. The third kappa shape index (κ3) is 5.29. The first-order valence-electron chi connectivity index (χ1n) is 20.5. The highest BCUT2D eigenvalue weighted by Crippen LogP contribution is 2.55. The van der Waals surface area contributed by atoms with Crippen molar-refractivity contribution in [1.29, 1.82) is 0 Å². The summed E-state index contributed by atoms with van der Waals surface area (Å²) in [5.74, 6) is 1.49. The predicted molar refractivity (Wildman–Crippen MR) is 240 cm³/mol. The molecule has 0 spiro atoms. The van der Waals surface area contributed by atoms with Gasteiger partial charge in [-0.05, 0) is 161 Å². The second-order valence-corrected chi connectivity index (χ2v) is 17.1. The van der Waals surface area contributed by atoms with Crippen LogP contribution in [0.3, 0.4) is 0 Å². The number of para-hydroxylation sites is 1. The van der Waals surface area contributed by atoms with Crippen molar-refractivity contribution in [2.75, 3.05) is 0 Å². The van der Waals surface area contributed by atoms with E-state index in [1.807, 2.05) is 0 Å². The van der Waals surface area contributed by atoms with Crippen LogP contribution in [0.4, 0.5) is 0 Å². The fourth-order valence-corrected chi connectivity index (χ4v) is 9.96. The molecule has 0 fully saturated rings. The first-order valence-corrected chi connectivity index (χ1v) is 20.5. The van der Waals surface area contributed by atoms with Crippen LogP contribution in [0.25, 0.3) is 72.3 Å². The highest BCUT2D eigenvalue weighted by molar-refractivity contribution is 6.12. The number of allylic oxidation sites excluding steroid dienone is 3. The van der Waals surface area contributed by atoms with Gasteiger partial charge in [0.15, 0.2) is 0 Å². The lowest BCUT2D eigenvalue weighted by molar-refractivity contribution is 0.542. The van der Waals surface area contributed by atoms with E-state index in [4.69, 9.17) is 0 Å². The summed E-state index contributed by atoms with van der Waals surface area (Å²) < 4.78 is 2.38. The van der Waals surface area contributed by atoms with Crippen LogP contribution in [0.1, 0.15) is 84.0 Å². The maximum Gasteiger partial charge on any atom is 0.0535 e. The van der Waals surface area contributed by atoms with Gasteiger partial charge in [-0.3, -0.25) is 0 Å². The number of rotatable bonds is 4. The lowest BCUT2D eigenvalue weighted by Crippen LogP contribution is -2.25. The predicted octanol–water partition coefficient (Wildman–Crippen LogP) is 14.8. The number of hydrogen-bond acceptors (Lipinski definition) is 0. The van der Waals surface area contributed by atoms with Crippen molar-refractivity contribution in [2.45, 2.75) is 67.2 Å². The van der Waals surface area contributed by atoms with E-state index in [2.05, 4.69) is 192 Å². The maximum atomic E-state index is 3.97. The quantitative estimate of drug-likeness (QED) is 0.186. The SMILES string of the molecule is Cc1ccc(C)c(-c2ccc3c(c2)c(/C=C2\C4=CC(C)C(C)c5cc6c([nH]c7ccc(-c8cc(C)ccc8C)cc76)c(c54)C(C)C2C)cn3-c2ccccc2)c1. The van der Waals surface area contributed by atoms with Gasteiger partial charge in [-0.2, -0.15) is 0 Å². The third-order valence-corrected chi connectivity index (χ3v) is 13.5. The molecule has 4 atom stereocenters. The summed E-state index contributed by atoms with van der Waals surface area (Å²) in [5.41, 5.74) is 23.9. The molecule has 6 aromatic carbocycles. The molecule has 2 aliphatic carbocycles. The standard InChI is InChI=1S/C54H50N2/c1-30-14-16-32(3)42(22-30)38-18-20-50-47(26-38)49-28-45-35(6)34(5)24-48-44(36(7)37(8)52(53(45)48)54(49)55-50)27-40-29-56(41-12-10-9-11-13-41)51-21-19-39(25-46(40)51)43-23-31(2)15-17-33(43)4/h9-29,34-37,55H,1-8H3/b44-27-. The summed E-state index contributed by atoms with van der Waals surface area (Å²) in [6, 6.07) is 41.0. The molecule has 0 saturated heterocycles. The molecular weight excluding hydrogens is 677 g/mol. The lowest BCUT2D eigenvalue weighted by atomic mass is 9.64. The Labute approximate surface area is 331 Å². The van der Waals surface area contributed by atoms with E-state index < -0.39 is 0 Å². The Morgan fingerprint density at radius 2 is 1.27 bits per heavy atom. The van der Waals surface area contributed by atoms with E-state index in [0.29, 0.717) is 23.7 Å². The van der Waals surface area contributed by atoms with Gasteiger partial charge in [-0.1, -0.05) is 112 Å². The zero-order valence-electron chi connectivity index (χ0n) is 33.9. The van der Waals surface area contributed by atoms with Gasteiger partial charge < -0.3 is 9.55 Å². The fourth-order valence-electron chi connectivity index (χ4n) is 9.96. The molecule has 8 aromatic rings. The zero-order valence-corrected chi connectivity index (χ0v) is 33.9. The average Bonchev–Trinajstić information content (AvgIpc) is 3.76. The van der Waals surface area contributed by atoms with Gasteiger partial charge in [-0.25, -0.2) is 0 Å². The molecule has 56 heavy (non-hydrogen) atoms. The van der Waals surface area contributed by atoms with Gasteiger partial charge in [0.2, 0.25) is 0 Å². The topological polar surface area (TPSA) is 20.7 Å². The highest BCUT2D eigenvalue weighted by Gasteiger charge is 2.38. The number of fused-ring (bicyclic) bond motifs is 5. The van der Waals surface area contributed by atoms with Gasteiger partial charge in [0.05, 0.1) is 11.0 Å². The molecule has 10 rings (SSSR count). The fraction of sp³-hybridized carbons (Fsp3) is 0.222. The second kappa shape index (κ2) is 12.8. The zero-order chi connectivity index (χ0) is 38.6. The normalized spacial score (nSPS) is 19.9. The van der Waals surface area contributed by atoms with Crippen LogP contribution in [0.15, 0.2) is 127 Å². The molecule has 0 saturated carbocycles. The first-order chi connectivity index (χ1) is 27.0. The largest absolute Gasteiger partial charge is 0.354 e. The maximum absolute atomic E-state index is 3.97. The molecule has 2 heterocycles. The van der Waals surface area contributed by atoms with Crippen molar-refractivity contribution >= 4 is 44.4 Å². The minimum absolute atomic E-state index is 0.321. The van der Waals surface area contributed by atoms with Crippen LogP contribution in [0.5, 0.6) is 0 Å². The number of nitrogens with zero attached hydrogens (tertiary/aromatic N) is 1. The van der Waals surface area contributed by atoms with Crippen molar-refractivity contribution in [1.82, 2.24) is 9.55 Å². The minimum atomic E-state index is 0.321. The van der Waals surface area contributed by atoms with E-state index in [9.17, 15) is 0 Å². The smallest absolute Gasteiger partial charge is 0.0535 e. The summed E-state index contributed by atoms with van der Waals surface area (Å²) in [6.07, 6.45) is 7.51. The number of aryl methyl sites for hydroxylation is 4. The van der Waals surface area contributed by atoms with Crippen LogP contribution < -0.4 is 0 Å². The number of aromatic nitrogens is 2. The number of benzene rings is 6. The molecule has 0 aliphatic heterocycles. The molecule has 0 amide bonds. The van der Waals surface area contributed by atoms with Crippen LogP contribution >= 0.6 is 0 Å². The van der Waals surface area contributed by atoms with Gasteiger partial charge >= 0.3 is 0 Å². The first kappa shape index (κ1) is 34.6. The molecule has 2 heteroatoms. The van der Waals surface area contributed by atoms with Gasteiger partial charge in [-0.15, -0.1) is 0 Å². The van der Waals surface area contributed by atoms with Crippen molar-refractivity contribution in [3.63, 3.8) is 0 Å². The van der Waals surface area contributed by atoms with Gasteiger partial charge in [0, 0.05) is 39.1 Å². The molecule has 276 valence electrons. The third-order valence-electron chi connectivity index (χ3n) is 13.5. The van der Waals surface area contributed by atoms with E-state index in [1.54, 1.807) is 0 Å². The Hall–Kier alpha value is -5.86. The molecule has 2 aliphatic rings. The van der Waals surface area contributed by atoms with Crippen LogP contribution in [-0.2, 0) is 0 Å². The lowest BCUT2D eigenvalue weighted by Gasteiger charge is -2.40. The summed E-state index contributed by atoms with van der Waals surface area (Å²) in [5, 5.41) is 3.97. The van der Waals surface area contributed by atoms with E-state index >= 15 is 0 Å². The van der Waals surface area contributed by atoms with Crippen LogP contribution in [0, 0.1) is 39.5 Å². The van der Waals surface area contributed by atoms with Crippen molar-refractivity contribution in [2.24, 2.45) is 11.8 Å². The monoisotopic (exact) mass is 726 g/mol. The minimum Gasteiger partial charge on any atom is -0.354 e. The van der Waals surface area contributed by atoms with Gasteiger partial charge in [0.1, 0.15) is 0 Å². The Morgan fingerprint density at radius 3 is 1.96 bits per heavy atom. The molecular formula is C54H50N2. The number of hydrogen-bond donors (Lipinski definition) is 1. The van der Waals surface area contributed by atoms with Crippen molar-refractivity contribution in [3.05, 3.63) is 172 Å². The molecule has 4 unspecified atom stereocenters. The highest BCUT2D eigenvalue weighted by atomic mass is 15.0. The van der Waals surface area contributed by atoms with Crippen LogP contribution in [-0.4, -0.2) is 9.55 Å². The number of H-pyrrole nitrogens is 1.